The summed E-state index contributed by atoms with van der Waals surface area (Å²) in [4.78, 5) is 14.7. The molecular weight excluding hydrogens is 396 g/mol. The van der Waals surface area contributed by atoms with E-state index in [1.807, 2.05) is 17.0 Å². The van der Waals surface area contributed by atoms with Gasteiger partial charge in [-0.25, -0.2) is 0 Å². The maximum Gasteiger partial charge on any atom is 0.233 e. The number of nitrogens with zero attached hydrogens (tertiary/aromatic N) is 4. The number of benzene rings is 1. The number of aromatic nitrogens is 3. The zero-order chi connectivity index (χ0) is 21.5. The van der Waals surface area contributed by atoms with Gasteiger partial charge < -0.3 is 14.2 Å². The van der Waals surface area contributed by atoms with Gasteiger partial charge in [-0.3, -0.25) is 4.79 Å². The van der Waals surface area contributed by atoms with Crippen molar-refractivity contribution >= 4 is 17.7 Å². The van der Waals surface area contributed by atoms with E-state index < -0.39 is 0 Å². The molecule has 0 saturated carbocycles. The second-order valence-electron chi connectivity index (χ2n) is 8.41. The largest absolute Gasteiger partial charge is 0.486 e. The Morgan fingerprint density at radius 1 is 1.23 bits per heavy atom. The monoisotopic (exact) mass is 430 g/mol. The van der Waals surface area contributed by atoms with Crippen LogP contribution in [0.3, 0.4) is 0 Å². The number of piperidine rings is 1. The van der Waals surface area contributed by atoms with Gasteiger partial charge in [0.15, 0.2) is 11.0 Å². The predicted octanol–water partition coefficient (Wildman–Crippen LogP) is 4.57. The minimum Gasteiger partial charge on any atom is -0.486 e. The highest BCUT2D eigenvalue weighted by molar-refractivity contribution is 7.99. The smallest absolute Gasteiger partial charge is 0.233 e. The SMILES string of the molecule is CCc1ccc(OCc2nnc(SCC(=O)N3CCCCC3C)n2CC(C)C)cc1. The Morgan fingerprint density at radius 3 is 2.67 bits per heavy atom. The molecule has 1 unspecified atom stereocenters. The van der Waals surface area contributed by atoms with Crippen LogP contribution in [-0.4, -0.2) is 43.9 Å². The van der Waals surface area contributed by atoms with Gasteiger partial charge in [-0.1, -0.05) is 44.7 Å². The van der Waals surface area contributed by atoms with Crippen LogP contribution in [0, 0.1) is 5.92 Å². The predicted molar refractivity (Wildman–Crippen MR) is 121 cm³/mol. The lowest BCUT2D eigenvalue weighted by molar-refractivity contribution is -0.131. The molecule has 1 atom stereocenters. The van der Waals surface area contributed by atoms with Crippen molar-refractivity contribution in [2.75, 3.05) is 12.3 Å². The minimum absolute atomic E-state index is 0.195. The summed E-state index contributed by atoms with van der Waals surface area (Å²) in [6, 6.07) is 8.50. The molecule has 1 aromatic carbocycles. The number of carbonyl (C=O) groups is 1. The fraction of sp³-hybridized carbons (Fsp3) is 0.609. The molecule has 1 aliphatic rings. The highest BCUT2D eigenvalue weighted by Crippen LogP contribution is 2.23. The second kappa shape index (κ2) is 10.8. The molecule has 1 saturated heterocycles. The summed E-state index contributed by atoms with van der Waals surface area (Å²) in [5.74, 6) is 2.67. The van der Waals surface area contributed by atoms with Gasteiger partial charge in [0.1, 0.15) is 12.4 Å². The average molecular weight is 431 g/mol. The highest BCUT2D eigenvalue weighted by atomic mass is 32.2. The third-order valence-corrected chi connectivity index (χ3v) is 6.44. The highest BCUT2D eigenvalue weighted by Gasteiger charge is 2.24. The average Bonchev–Trinajstić information content (AvgIpc) is 3.12. The number of aryl methyl sites for hydroxylation is 1. The lowest BCUT2D eigenvalue weighted by Crippen LogP contribution is -2.43. The summed E-state index contributed by atoms with van der Waals surface area (Å²) in [5.41, 5.74) is 1.29. The van der Waals surface area contributed by atoms with E-state index in [9.17, 15) is 4.79 Å². The lowest BCUT2D eigenvalue weighted by atomic mass is 10.0. The number of hydrogen-bond acceptors (Lipinski definition) is 5. The normalized spacial score (nSPS) is 16.8. The van der Waals surface area contributed by atoms with Gasteiger partial charge in [-0.15, -0.1) is 10.2 Å². The lowest BCUT2D eigenvalue weighted by Gasteiger charge is -2.33. The second-order valence-corrected chi connectivity index (χ2v) is 9.35. The molecular formula is C23H34N4O2S. The first-order chi connectivity index (χ1) is 14.5. The molecule has 0 aliphatic carbocycles. The summed E-state index contributed by atoms with van der Waals surface area (Å²) < 4.78 is 8.05. The van der Waals surface area contributed by atoms with Crippen molar-refractivity contribution < 1.29 is 9.53 Å². The van der Waals surface area contributed by atoms with E-state index in [-0.39, 0.29) is 5.91 Å². The molecule has 1 aromatic heterocycles. The van der Waals surface area contributed by atoms with Crippen molar-refractivity contribution in [2.24, 2.45) is 5.92 Å². The molecule has 1 amide bonds. The first-order valence-corrected chi connectivity index (χ1v) is 12.0. The van der Waals surface area contributed by atoms with Crippen LogP contribution >= 0.6 is 11.8 Å². The van der Waals surface area contributed by atoms with Crippen LogP contribution in [0.5, 0.6) is 5.75 Å². The van der Waals surface area contributed by atoms with Crippen LogP contribution < -0.4 is 4.74 Å². The van der Waals surface area contributed by atoms with Crippen LogP contribution in [-0.2, 0) is 24.4 Å². The Labute approximate surface area is 184 Å². The molecule has 0 spiro atoms. The molecule has 2 heterocycles. The molecule has 1 fully saturated rings. The van der Waals surface area contributed by atoms with Gasteiger partial charge in [0.05, 0.1) is 5.75 Å². The van der Waals surface area contributed by atoms with E-state index in [4.69, 9.17) is 4.74 Å². The Bertz CT molecular complexity index is 819. The summed E-state index contributed by atoms with van der Waals surface area (Å²) >= 11 is 1.48. The number of thioether (sulfide) groups is 1. The number of likely N-dealkylation sites (tertiary alicyclic amines) is 1. The minimum atomic E-state index is 0.195. The van der Waals surface area contributed by atoms with Gasteiger partial charge in [0.25, 0.3) is 0 Å². The van der Waals surface area contributed by atoms with Crippen LogP contribution in [0.25, 0.3) is 0 Å². The Morgan fingerprint density at radius 2 is 2.00 bits per heavy atom. The van der Waals surface area contributed by atoms with E-state index >= 15 is 0 Å². The van der Waals surface area contributed by atoms with Gasteiger partial charge in [-0.2, -0.15) is 0 Å². The van der Waals surface area contributed by atoms with Gasteiger partial charge in [0.2, 0.25) is 5.91 Å². The quantitative estimate of drug-likeness (QED) is 0.546. The number of carbonyl (C=O) groups excluding carboxylic acids is 1. The van der Waals surface area contributed by atoms with Crippen LogP contribution in [0.1, 0.15) is 58.3 Å². The maximum absolute atomic E-state index is 12.7. The number of ether oxygens (including phenoxy) is 1. The first kappa shape index (κ1) is 22.7. The van der Waals surface area contributed by atoms with Crippen molar-refractivity contribution in [3.8, 4) is 5.75 Å². The topological polar surface area (TPSA) is 60.3 Å². The van der Waals surface area contributed by atoms with E-state index in [0.29, 0.717) is 24.3 Å². The zero-order valence-corrected chi connectivity index (χ0v) is 19.5. The van der Waals surface area contributed by atoms with Crippen LogP contribution in [0.2, 0.25) is 0 Å². The Hall–Kier alpha value is -2.02. The standard InChI is InChI=1S/C23H34N4O2S/c1-5-19-9-11-20(12-10-19)29-15-21-24-25-23(27(21)14-17(2)3)30-16-22(28)26-13-7-6-8-18(26)4/h9-12,17-18H,5-8,13-16H2,1-4H3. The molecule has 30 heavy (non-hydrogen) atoms. The Kier molecular flexibility index (Phi) is 8.19. The van der Waals surface area contributed by atoms with Crippen molar-refractivity contribution in [1.82, 2.24) is 19.7 Å². The van der Waals surface area contributed by atoms with Gasteiger partial charge in [-0.05, 0) is 56.2 Å². The van der Waals surface area contributed by atoms with E-state index in [1.54, 1.807) is 0 Å². The maximum atomic E-state index is 12.7. The Balaban J connectivity index is 1.64. The number of hydrogen-bond donors (Lipinski definition) is 0. The van der Waals surface area contributed by atoms with Gasteiger partial charge >= 0.3 is 0 Å². The molecule has 6 nitrogen and oxygen atoms in total. The molecule has 7 heteroatoms. The molecule has 0 bridgehead atoms. The van der Waals surface area contributed by atoms with E-state index in [0.717, 1.165) is 49.1 Å². The molecule has 1 aliphatic heterocycles. The molecule has 0 radical (unpaired) electrons. The molecule has 164 valence electrons. The van der Waals surface area contributed by atoms with Crippen LogP contribution in [0.4, 0.5) is 0 Å². The summed E-state index contributed by atoms with van der Waals surface area (Å²) in [5, 5.41) is 9.53. The van der Waals surface area contributed by atoms with Crippen molar-refractivity contribution in [3.05, 3.63) is 35.7 Å². The van der Waals surface area contributed by atoms with Crippen LogP contribution in [0.15, 0.2) is 29.4 Å². The third-order valence-electron chi connectivity index (χ3n) is 5.49. The summed E-state index contributed by atoms with van der Waals surface area (Å²) in [6.07, 6.45) is 4.43. The van der Waals surface area contributed by atoms with E-state index in [2.05, 4.69) is 54.6 Å². The van der Waals surface area contributed by atoms with Crippen molar-refractivity contribution in [2.45, 2.75) is 77.7 Å². The zero-order valence-electron chi connectivity index (χ0n) is 18.6. The first-order valence-electron chi connectivity index (χ1n) is 11.0. The van der Waals surface area contributed by atoms with Crippen molar-refractivity contribution in [3.63, 3.8) is 0 Å². The van der Waals surface area contributed by atoms with Crippen molar-refractivity contribution in [1.29, 1.82) is 0 Å². The van der Waals surface area contributed by atoms with Gasteiger partial charge in [0, 0.05) is 19.1 Å². The fourth-order valence-electron chi connectivity index (χ4n) is 3.73. The molecule has 2 aromatic rings. The molecule has 3 rings (SSSR count). The molecule has 0 N–H and O–H groups in total. The number of amides is 1. The number of rotatable bonds is 9. The summed E-state index contributed by atoms with van der Waals surface area (Å²) in [6.45, 7) is 10.7. The third kappa shape index (κ3) is 6.00. The fourth-order valence-corrected chi connectivity index (χ4v) is 4.58. The summed E-state index contributed by atoms with van der Waals surface area (Å²) in [7, 11) is 0. The van der Waals surface area contributed by atoms with E-state index in [1.165, 1.54) is 23.7 Å².